The molecule has 2 heterocycles. The molecular formula is C20H30ClN3O2. The Bertz CT molecular complexity index is 623. The summed E-state index contributed by atoms with van der Waals surface area (Å²) in [5.41, 5.74) is 1.18. The van der Waals surface area contributed by atoms with Crippen molar-refractivity contribution in [1.82, 2.24) is 10.6 Å². The molecule has 1 aromatic carbocycles. The first-order chi connectivity index (χ1) is 12.6. The van der Waals surface area contributed by atoms with Crippen molar-refractivity contribution in [2.75, 3.05) is 40.0 Å². The van der Waals surface area contributed by atoms with Crippen LogP contribution in [0, 0.1) is 0 Å². The molecule has 0 radical (unpaired) electrons. The van der Waals surface area contributed by atoms with Crippen LogP contribution >= 0.6 is 11.6 Å². The van der Waals surface area contributed by atoms with Crippen molar-refractivity contribution in [1.29, 1.82) is 0 Å². The second-order valence-electron chi connectivity index (χ2n) is 7.58. The van der Waals surface area contributed by atoms with Crippen LogP contribution in [-0.2, 0) is 14.9 Å². The van der Waals surface area contributed by atoms with Crippen molar-refractivity contribution in [2.45, 2.75) is 43.6 Å². The quantitative estimate of drug-likeness (QED) is 0.609. The lowest BCUT2D eigenvalue weighted by Crippen LogP contribution is -2.50. The van der Waals surface area contributed by atoms with Crippen LogP contribution in [0.25, 0.3) is 0 Å². The van der Waals surface area contributed by atoms with Gasteiger partial charge in [-0.25, -0.2) is 0 Å². The van der Waals surface area contributed by atoms with Crippen molar-refractivity contribution in [3.8, 4) is 0 Å². The Balaban J connectivity index is 1.65. The number of hydrogen-bond donors (Lipinski definition) is 2. The summed E-state index contributed by atoms with van der Waals surface area (Å²) in [6.07, 6.45) is 4.15. The van der Waals surface area contributed by atoms with Crippen LogP contribution in [0.4, 0.5) is 0 Å². The van der Waals surface area contributed by atoms with E-state index >= 15 is 0 Å². The molecule has 0 aliphatic carbocycles. The fourth-order valence-corrected chi connectivity index (χ4v) is 4.06. The molecular weight excluding hydrogens is 350 g/mol. The molecule has 2 fully saturated rings. The highest BCUT2D eigenvalue weighted by atomic mass is 35.5. The maximum Gasteiger partial charge on any atom is 0.191 e. The fraction of sp³-hybridized carbons (Fsp3) is 0.650. The Kier molecular flexibility index (Phi) is 6.43. The Morgan fingerprint density at radius 3 is 2.58 bits per heavy atom. The van der Waals surface area contributed by atoms with E-state index in [4.69, 9.17) is 21.1 Å². The molecule has 0 aromatic heterocycles. The molecule has 6 heteroatoms. The van der Waals surface area contributed by atoms with E-state index in [2.05, 4.69) is 34.7 Å². The van der Waals surface area contributed by atoms with Gasteiger partial charge in [-0.3, -0.25) is 4.99 Å². The zero-order chi connectivity index (χ0) is 18.5. The summed E-state index contributed by atoms with van der Waals surface area (Å²) < 4.78 is 11.5. The number of benzene rings is 1. The molecule has 2 aliphatic rings. The molecule has 0 amide bonds. The van der Waals surface area contributed by atoms with E-state index in [1.165, 1.54) is 5.56 Å². The standard InChI is InChI=1S/C20H30ClN3O2/c1-19(7-4-10-26-19)14-23-18(22-2)24-15-20(8-11-25-12-9-20)16-5-3-6-17(21)13-16/h3,5-6,13H,4,7-12,14-15H2,1-2H3,(H2,22,23,24). The molecule has 2 N–H and O–H groups in total. The average Bonchev–Trinajstić information content (AvgIpc) is 3.09. The number of ether oxygens (including phenoxy) is 2. The van der Waals surface area contributed by atoms with Crippen molar-refractivity contribution >= 4 is 17.6 Å². The van der Waals surface area contributed by atoms with E-state index in [1.807, 2.05) is 19.2 Å². The van der Waals surface area contributed by atoms with Gasteiger partial charge in [0.05, 0.1) is 5.60 Å². The highest BCUT2D eigenvalue weighted by Gasteiger charge is 2.35. The molecule has 1 unspecified atom stereocenters. The maximum absolute atomic E-state index is 6.25. The van der Waals surface area contributed by atoms with E-state index in [9.17, 15) is 0 Å². The molecule has 1 atom stereocenters. The summed E-state index contributed by atoms with van der Waals surface area (Å²) >= 11 is 6.25. The van der Waals surface area contributed by atoms with Gasteiger partial charge in [-0.15, -0.1) is 0 Å². The lowest BCUT2D eigenvalue weighted by Gasteiger charge is -2.38. The second kappa shape index (κ2) is 8.59. The SMILES string of the molecule is CN=C(NCC1(C)CCCO1)NCC1(c2cccc(Cl)c2)CCOCC1. The number of nitrogens with zero attached hydrogens (tertiary/aromatic N) is 1. The van der Waals surface area contributed by atoms with E-state index < -0.39 is 0 Å². The van der Waals surface area contributed by atoms with E-state index in [1.54, 1.807) is 0 Å². The van der Waals surface area contributed by atoms with Gasteiger partial charge in [0.15, 0.2) is 5.96 Å². The minimum atomic E-state index is -0.0963. The third-order valence-corrected chi connectivity index (χ3v) is 5.87. The fourth-order valence-electron chi connectivity index (χ4n) is 3.87. The van der Waals surface area contributed by atoms with Gasteiger partial charge in [-0.2, -0.15) is 0 Å². The van der Waals surface area contributed by atoms with Crippen LogP contribution in [0.1, 0.15) is 38.2 Å². The van der Waals surface area contributed by atoms with Crippen LogP contribution in [0.15, 0.2) is 29.3 Å². The second-order valence-corrected chi connectivity index (χ2v) is 8.02. The highest BCUT2D eigenvalue weighted by Crippen LogP contribution is 2.35. The van der Waals surface area contributed by atoms with Crippen LogP contribution in [0.2, 0.25) is 5.02 Å². The smallest absolute Gasteiger partial charge is 0.191 e. The van der Waals surface area contributed by atoms with Crippen LogP contribution in [0.3, 0.4) is 0 Å². The Hall–Kier alpha value is -1.30. The summed E-state index contributed by atoms with van der Waals surface area (Å²) in [6.45, 7) is 6.11. The van der Waals surface area contributed by atoms with Gasteiger partial charge in [0, 0.05) is 50.4 Å². The largest absolute Gasteiger partial charge is 0.381 e. The van der Waals surface area contributed by atoms with Crippen LogP contribution in [0.5, 0.6) is 0 Å². The zero-order valence-corrected chi connectivity index (χ0v) is 16.6. The maximum atomic E-state index is 6.25. The topological polar surface area (TPSA) is 54.9 Å². The molecule has 2 aliphatic heterocycles. The predicted octanol–water partition coefficient (Wildman–Crippen LogP) is 3.12. The molecule has 1 aromatic rings. The summed E-state index contributed by atoms with van der Waals surface area (Å²) in [5, 5.41) is 7.73. The number of aliphatic imine (C=N–C) groups is 1. The normalized spacial score (nSPS) is 25.9. The van der Waals surface area contributed by atoms with Gasteiger partial charge < -0.3 is 20.1 Å². The lowest BCUT2D eigenvalue weighted by atomic mass is 9.74. The van der Waals surface area contributed by atoms with Gasteiger partial charge in [0.25, 0.3) is 0 Å². The number of halogens is 1. The number of nitrogens with one attached hydrogen (secondary N) is 2. The first kappa shape index (κ1) is 19.5. The number of rotatable bonds is 5. The van der Waals surface area contributed by atoms with Crippen LogP contribution < -0.4 is 10.6 Å². The van der Waals surface area contributed by atoms with Gasteiger partial charge >= 0.3 is 0 Å². The minimum absolute atomic E-state index is 0.00846. The summed E-state index contributed by atoms with van der Waals surface area (Å²) in [6, 6.07) is 8.20. The molecule has 5 nitrogen and oxygen atoms in total. The highest BCUT2D eigenvalue weighted by molar-refractivity contribution is 6.30. The van der Waals surface area contributed by atoms with Crippen molar-refractivity contribution in [3.63, 3.8) is 0 Å². The average molecular weight is 380 g/mol. The predicted molar refractivity (Wildman–Crippen MR) is 106 cm³/mol. The Morgan fingerprint density at radius 1 is 1.15 bits per heavy atom. The monoisotopic (exact) mass is 379 g/mol. The van der Waals surface area contributed by atoms with E-state index in [0.717, 1.165) is 69.6 Å². The van der Waals surface area contributed by atoms with Crippen molar-refractivity contribution in [2.24, 2.45) is 4.99 Å². The van der Waals surface area contributed by atoms with Gasteiger partial charge in [0.1, 0.15) is 0 Å². The molecule has 0 bridgehead atoms. The summed E-state index contributed by atoms with van der Waals surface area (Å²) in [7, 11) is 1.81. The third-order valence-electron chi connectivity index (χ3n) is 5.63. The van der Waals surface area contributed by atoms with Gasteiger partial charge in [0.2, 0.25) is 0 Å². The third kappa shape index (κ3) is 4.70. The first-order valence-electron chi connectivity index (χ1n) is 9.48. The molecule has 144 valence electrons. The summed E-state index contributed by atoms with van der Waals surface area (Å²) in [4.78, 5) is 4.39. The molecule has 26 heavy (non-hydrogen) atoms. The molecule has 2 saturated heterocycles. The van der Waals surface area contributed by atoms with Crippen LogP contribution in [-0.4, -0.2) is 51.5 Å². The Labute approximate surface area is 161 Å². The van der Waals surface area contributed by atoms with Crippen molar-refractivity contribution < 1.29 is 9.47 Å². The lowest BCUT2D eigenvalue weighted by molar-refractivity contribution is 0.0242. The molecule has 3 rings (SSSR count). The molecule has 0 saturated carbocycles. The van der Waals surface area contributed by atoms with Crippen molar-refractivity contribution in [3.05, 3.63) is 34.9 Å². The van der Waals surface area contributed by atoms with E-state index in [-0.39, 0.29) is 11.0 Å². The number of hydrogen-bond acceptors (Lipinski definition) is 3. The van der Waals surface area contributed by atoms with Gasteiger partial charge in [-0.05, 0) is 50.3 Å². The molecule has 0 spiro atoms. The Morgan fingerprint density at radius 2 is 1.92 bits per heavy atom. The number of guanidine groups is 1. The zero-order valence-electron chi connectivity index (χ0n) is 15.8. The minimum Gasteiger partial charge on any atom is -0.381 e. The first-order valence-corrected chi connectivity index (χ1v) is 9.85. The van der Waals surface area contributed by atoms with Gasteiger partial charge in [-0.1, -0.05) is 23.7 Å². The summed E-state index contributed by atoms with van der Waals surface area (Å²) in [5.74, 6) is 0.814. The van der Waals surface area contributed by atoms with E-state index in [0.29, 0.717) is 0 Å².